The van der Waals surface area contributed by atoms with Crippen LogP contribution in [0.4, 0.5) is 0 Å². The number of benzene rings is 2. The highest BCUT2D eigenvalue weighted by molar-refractivity contribution is 7.17. The second-order valence-corrected chi connectivity index (χ2v) is 6.79. The minimum atomic E-state index is -0.508. The van der Waals surface area contributed by atoms with Gasteiger partial charge in [-0.1, -0.05) is 30.3 Å². The van der Waals surface area contributed by atoms with E-state index < -0.39 is 6.10 Å². The summed E-state index contributed by atoms with van der Waals surface area (Å²) < 4.78 is 6.99. The van der Waals surface area contributed by atoms with Crippen LogP contribution in [0.3, 0.4) is 0 Å². The van der Waals surface area contributed by atoms with Crippen LogP contribution in [-0.4, -0.2) is 18.6 Å². The number of nitrogens with one attached hydrogen (secondary N) is 1. The number of hydrogen-bond acceptors (Lipinski definition) is 3. The standard InChI is InChI=1S/C20H21NO2S/c1-14-6-5-7-17(12-14)23-15(2)20(22)21-11-10-16-13-24-19-9-4-3-8-18(16)19/h3-9,12-13,15H,10-11H2,1-2H3,(H,21,22). The monoisotopic (exact) mass is 339 g/mol. The summed E-state index contributed by atoms with van der Waals surface area (Å²) in [6.07, 6.45) is 0.318. The molecule has 0 aliphatic carbocycles. The molecule has 0 aliphatic rings. The fourth-order valence-electron chi connectivity index (χ4n) is 2.64. The van der Waals surface area contributed by atoms with Gasteiger partial charge in [0.1, 0.15) is 5.75 Å². The summed E-state index contributed by atoms with van der Waals surface area (Å²) in [7, 11) is 0. The van der Waals surface area contributed by atoms with Crippen molar-refractivity contribution in [1.29, 1.82) is 0 Å². The van der Waals surface area contributed by atoms with E-state index in [1.165, 1.54) is 15.6 Å². The van der Waals surface area contributed by atoms with Crippen LogP contribution in [0.2, 0.25) is 0 Å². The zero-order valence-electron chi connectivity index (χ0n) is 13.9. The maximum Gasteiger partial charge on any atom is 0.260 e. The molecule has 0 aliphatic heterocycles. The molecule has 1 N–H and O–H groups in total. The van der Waals surface area contributed by atoms with Crippen LogP contribution < -0.4 is 10.1 Å². The molecule has 3 nitrogen and oxygen atoms in total. The van der Waals surface area contributed by atoms with E-state index in [1.807, 2.05) is 31.2 Å². The van der Waals surface area contributed by atoms with Crippen molar-refractivity contribution in [3.8, 4) is 5.75 Å². The van der Waals surface area contributed by atoms with E-state index in [0.29, 0.717) is 6.54 Å². The van der Waals surface area contributed by atoms with Gasteiger partial charge in [-0.3, -0.25) is 4.79 Å². The summed E-state index contributed by atoms with van der Waals surface area (Å²) in [6, 6.07) is 16.1. The van der Waals surface area contributed by atoms with Gasteiger partial charge >= 0.3 is 0 Å². The molecule has 0 bridgehead atoms. The highest BCUT2D eigenvalue weighted by Gasteiger charge is 2.14. The Bertz CT molecular complexity index is 840. The smallest absolute Gasteiger partial charge is 0.260 e. The van der Waals surface area contributed by atoms with Crippen molar-refractivity contribution in [3.05, 3.63) is 65.0 Å². The van der Waals surface area contributed by atoms with Crippen LogP contribution in [0.25, 0.3) is 10.1 Å². The van der Waals surface area contributed by atoms with Crippen LogP contribution >= 0.6 is 11.3 Å². The molecule has 1 aromatic heterocycles. The fraction of sp³-hybridized carbons (Fsp3) is 0.250. The highest BCUT2D eigenvalue weighted by atomic mass is 32.1. The first-order valence-electron chi connectivity index (χ1n) is 8.09. The van der Waals surface area contributed by atoms with Gasteiger partial charge in [0.2, 0.25) is 0 Å². The third-order valence-electron chi connectivity index (χ3n) is 3.93. The summed E-state index contributed by atoms with van der Waals surface area (Å²) >= 11 is 1.74. The van der Waals surface area contributed by atoms with Crippen molar-refractivity contribution in [2.75, 3.05) is 6.54 Å². The third-order valence-corrected chi connectivity index (χ3v) is 4.94. The number of thiophene rings is 1. The van der Waals surface area contributed by atoms with Gasteiger partial charge in [-0.05, 0) is 60.4 Å². The molecule has 4 heteroatoms. The maximum absolute atomic E-state index is 12.2. The number of carbonyl (C=O) groups is 1. The van der Waals surface area contributed by atoms with Crippen molar-refractivity contribution >= 4 is 27.3 Å². The Morgan fingerprint density at radius 2 is 2.04 bits per heavy atom. The van der Waals surface area contributed by atoms with Crippen LogP contribution in [0.1, 0.15) is 18.1 Å². The van der Waals surface area contributed by atoms with Gasteiger partial charge in [0, 0.05) is 11.2 Å². The minimum Gasteiger partial charge on any atom is -0.481 e. The Labute approximate surface area is 146 Å². The van der Waals surface area contributed by atoms with Crippen LogP contribution in [0.15, 0.2) is 53.9 Å². The van der Waals surface area contributed by atoms with E-state index in [9.17, 15) is 4.79 Å². The molecule has 0 spiro atoms. The molecule has 0 radical (unpaired) electrons. The minimum absolute atomic E-state index is 0.0870. The van der Waals surface area contributed by atoms with E-state index in [4.69, 9.17) is 4.74 Å². The van der Waals surface area contributed by atoms with E-state index in [-0.39, 0.29) is 5.91 Å². The van der Waals surface area contributed by atoms with Crippen LogP contribution in [0.5, 0.6) is 5.75 Å². The van der Waals surface area contributed by atoms with Crippen molar-refractivity contribution in [2.45, 2.75) is 26.4 Å². The molecule has 2 aromatic carbocycles. The molecule has 1 heterocycles. The van der Waals surface area contributed by atoms with Gasteiger partial charge in [-0.15, -0.1) is 11.3 Å². The number of rotatable bonds is 6. The average Bonchev–Trinajstić information content (AvgIpc) is 2.98. The predicted molar refractivity (Wildman–Crippen MR) is 99.8 cm³/mol. The van der Waals surface area contributed by atoms with E-state index in [0.717, 1.165) is 17.7 Å². The van der Waals surface area contributed by atoms with Gasteiger partial charge in [0.25, 0.3) is 5.91 Å². The first kappa shape index (κ1) is 16.5. The quantitative estimate of drug-likeness (QED) is 0.726. The van der Waals surface area contributed by atoms with Crippen LogP contribution in [-0.2, 0) is 11.2 Å². The van der Waals surface area contributed by atoms with Crippen molar-refractivity contribution in [1.82, 2.24) is 5.32 Å². The summed E-state index contributed by atoms with van der Waals surface area (Å²) in [6.45, 7) is 4.39. The topological polar surface area (TPSA) is 38.3 Å². The highest BCUT2D eigenvalue weighted by Crippen LogP contribution is 2.25. The van der Waals surface area contributed by atoms with Gasteiger partial charge < -0.3 is 10.1 Å². The van der Waals surface area contributed by atoms with E-state index >= 15 is 0 Å². The molecule has 3 aromatic rings. The number of fused-ring (bicyclic) bond motifs is 1. The molecule has 1 unspecified atom stereocenters. The van der Waals surface area contributed by atoms with Gasteiger partial charge in [0.05, 0.1) is 0 Å². The Hall–Kier alpha value is -2.33. The largest absolute Gasteiger partial charge is 0.481 e. The second kappa shape index (κ2) is 7.49. The molecule has 124 valence electrons. The molecule has 24 heavy (non-hydrogen) atoms. The summed E-state index contributed by atoms with van der Waals surface area (Å²) in [4.78, 5) is 12.2. The number of hydrogen-bond donors (Lipinski definition) is 1. The fourth-order valence-corrected chi connectivity index (χ4v) is 3.63. The SMILES string of the molecule is Cc1cccc(OC(C)C(=O)NCCc2csc3ccccc23)c1. The molecule has 1 atom stereocenters. The third kappa shape index (κ3) is 3.95. The Morgan fingerprint density at radius 3 is 2.88 bits per heavy atom. The predicted octanol–water partition coefficient (Wildman–Crippen LogP) is 4.34. The lowest BCUT2D eigenvalue weighted by Crippen LogP contribution is -2.37. The molecular formula is C20H21NO2S. The molecular weight excluding hydrogens is 318 g/mol. The van der Waals surface area contributed by atoms with Gasteiger partial charge in [-0.25, -0.2) is 0 Å². The first-order valence-corrected chi connectivity index (χ1v) is 8.97. The molecule has 3 rings (SSSR count). The average molecular weight is 339 g/mol. The van der Waals surface area contributed by atoms with Gasteiger partial charge in [0.15, 0.2) is 6.10 Å². The number of carbonyl (C=O) groups excluding carboxylic acids is 1. The summed E-state index contributed by atoms with van der Waals surface area (Å²) in [5, 5.41) is 6.41. The Morgan fingerprint density at radius 1 is 1.21 bits per heavy atom. The molecule has 0 saturated heterocycles. The summed E-state index contributed by atoms with van der Waals surface area (Å²) in [5.74, 6) is 0.637. The zero-order chi connectivity index (χ0) is 16.9. The Kier molecular flexibility index (Phi) is 5.16. The molecule has 1 amide bonds. The second-order valence-electron chi connectivity index (χ2n) is 5.87. The lowest BCUT2D eigenvalue weighted by molar-refractivity contribution is -0.127. The van der Waals surface area contributed by atoms with E-state index in [2.05, 4.69) is 35.0 Å². The number of amides is 1. The molecule has 0 saturated carbocycles. The van der Waals surface area contributed by atoms with Crippen LogP contribution in [0, 0.1) is 6.92 Å². The van der Waals surface area contributed by atoms with Crippen molar-refractivity contribution < 1.29 is 9.53 Å². The lowest BCUT2D eigenvalue weighted by atomic mass is 10.1. The maximum atomic E-state index is 12.2. The zero-order valence-corrected chi connectivity index (χ0v) is 14.7. The normalized spacial score (nSPS) is 12.1. The number of aryl methyl sites for hydroxylation is 1. The van der Waals surface area contributed by atoms with Crippen molar-refractivity contribution in [2.24, 2.45) is 0 Å². The van der Waals surface area contributed by atoms with Crippen molar-refractivity contribution in [3.63, 3.8) is 0 Å². The molecule has 0 fully saturated rings. The summed E-state index contributed by atoms with van der Waals surface area (Å²) in [5.41, 5.74) is 2.40. The first-order chi connectivity index (χ1) is 11.6. The van der Waals surface area contributed by atoms with E-state index in [1.54, 1.807) is 18.3 Å². The lowest BCUT2D eigenvalue weighted by Gasteiger charge is -2.15. The Balaban J connectivity index is 1.51. The number of ether oxygens (including phenoxy) is 1. The van der Waals surface area contributed by atoms with Gasteiger partial charge in [-0.2, -0.15) is 0 Å².